The first-order valence-corrected chi connectivity index (χ1v) is 33.5. The molecular weight excluding hydrogens is 1110 g/mol. The van der Waals surface area contributed by atoms with Crippen molar-refractivity contribution in [3.8, 4) is 0 Å². The summed E-state index contributed by atoms with van der Waals surface area (Å²) in [6, 6.07) is 19.5. The average Bonchev–Trinajstić information content (AvgIpc) is 1.38. The second kappa shape index (κ2) is 10.5. The van der Waals surface area contributed by atoms with Crippen LogP contribution in [0.15, 0.2) is 60.7 Å². The molecule has 4 aliphatic carbocycles. The minimum absolute atomic E-state index is 0.102. The Hall–Kier alpha value is -10.3. The Balaban J connectivity index is 0.597. The van der Waals surface area contributed by atoms with Crippen LogP contribution in [0, 0.1) is 0 Å². The number of amides is 2. The molecule has 2 N–H and O–H groups in total. The number of nitrogens with one attached hydrogen (secondary N) is 2. The SMILES string of the molecule is O=C(CNC(=O)C(c1ccccc1)c1ccccc1)NCCOCCOCCN1CC23c4c5c6c7c8c9c(c%10c%11c2c2c4c4c%12c5c5c6c6c8c8c%13c9c9c%10c%10c%11c%11c2c2c4c4c%12c%12c5c5c6c8c6c8c%13c9c9c%10c%10c%11c2c2c4c4c%12c5c6c5c8c9c%10c2c45)C73C1. The molecule has 91 heavy (non-hydrogen) atoms. The van der Waals surface area contributed by atoms with Gasteiger partial charge in [0.1, 0.15) is 0 Å². The van der Waals surface area contributed by atoms with E-state index in [1.54, 1.807) is 313 Å². The van der Waals surface area contributed by atoms with Gasteiger partial charge in [-0.15, -0.1) is 0 Å². The molecule has 30 aromatic carbocycles. The van der Waals surface area contributed by atoms with Crippen LogP contribution in [0.25, 0.3) is 291 Å². The Bertz CT molecular complexity index is 7620. The fourth-order valence-corrected chi connectivity index (χ4v) is 27.9. The van der Waals surface area contributed by atoms with Crippen LogP contribution in [0.3, 0.4) is 0 Å². The summed E-state index contributed by atoms with van der Waals surface area (Å²) in [6.45, 7) is 4.99. The maximum atomic E-state index is 13.6. The van der Waals surface area contributed by atoms with E-state index in [2.05, 4.69) is 15.5 Å². The highest BCUT2D eigenvalue weighted by Gasteiger charge is 2.72. The largest absolute Gasteiger partial charge is 0.378 e. The van der Waals surface area contributed by atoms with Gasteiger partial charge in [0.15, 0.2) is 0 Å². The molecule has 0 saturated carbocycles. The van der Waals surface area contributed by atoms with Gasteiger partial charge in [0.2, 0.25) is 11.8 Å². The van der Waals surface area contributed by atoms with Gasteiger partial charge in [-0.05, 0) is 324 Å². The maximum absolute atomic E-state index is 13.6. The molecule has 0 atom stereocenters. The molecule has 30 aromatic rings. The number of carbonyl (C=O) groups excluding carboxylic acids is 2. The molecule has 2 spiro atoms. The van der Waals surface area contributed by atoms with Crippen LogP contribution in [-0.2, 0) is 29.9 Å². The fraction of sp³-hybridized carbons (Fsp3) is 0.143. The van der Waals surface area contributed by atoms with E-state index >= 15 is 0 Å². The summed E-state index contributed by atoms with van der Waals surface area (Å²) in [5, 5.41) is 94.5. The van der Waals surface area contributed by atoms with E-state index < -0.39 is 5.92 Å². The van der Waals surface area contributed by atoms with E-state index in [1.807, 2.05) is 60.7 Å². The Labute approximate surface area is 504 Å². The third-order valence-corrected chi connectivity index (χ3v) is 29.1. The highest BCUT2D eigenvalue weighted by atomic mass is 16.5. The predicted octanol–water partition coefficient (Wildman–Crippen LogP) is 17.7. The minimum Gasteiger partial charge on any atom is -0.378 e. The van der Waals surface area contributed by atoms with Crippen LogP contribution in [0.1, 0.15) is 39.3 Å². The second-order valence-corrected chi connectivity index (χ2v) is 30.8. The van der Waals surface area contributed by atoms with Crippen molar-refractivity contribution in [2.75, 3.05) is 59.2 Å². The first kappa shape index (κ1) is 39.7. The maximum Gasteiger partial charge on any atom is 0.239 e. The van der Waals surface area contributed by atoms with Crippen molar-refractivity contribution in [3.05, 3.63) is 94.0 Å². The van der Waals surface area contributed by atoms with Gasteiger partial charge in [0.25, 0.3) is 0 Å². The van der Waals surface area contributed by atoms with Gasteiger partial charge in [0.05, 0.1) is 49.7 Å². The molecule has 7 heteroatoms. The molecule has 0 aromatic heterocycles. The summed E-state index contributed by atoms with van der Waals surface area (Å²) in [6.07, 6.45) is 0. The summed E-state index contributed by atoms with van der Waals surface area (Å²) < 4.78 is 12.8. The van der Waals surface area contributed by atoms with Crippen molar-refractivity contribution < 1.29 is 19.1 Å². The number of rotatable bonds is 14. The highest BCUT2D eigenvalue weighted by molar-refractivity contribution is 6.82. The topological polar surface area (TPSA) is 79.9 Å². The Morgan fingerprint density at radius 3 is 0.824 bits per heavy atom. The lowest BCUT2D eigenvalue weighted by atomic mass is 9.50. The number of hydrogen-bond acceptors (Lipinski definition) is 5. The smallest absolute Gasteiger partial charge is 0.239 e. The molecule has 1 fully saturated rings. The van der Waals surface area contributed by atoms with Crippen molar-refractivity contribution in [1.29, 1.82) is 0 Å². The molecule has 0 bridgehead atoms. The molecule has 7 nitrogen and oxygen atoms in total. The first-order valence-electron chi connectivity index (χ1n) is 33.5. The lowest BCUT2D eigenvalue weighted by Crippen LogP contribution is -2.51. The van der Waals surface area contributed by atoms with Crippen molar-refractivity contribution in [3.63, 3.8) is 0 Å². The van der Waals surface area contributed by atoms with E-state index in [-0.39, 0.29) is 29.2 Å². The van der Waals surface area contributed by atoms with Gasteiger partial charge in [-0.25, -0.2) is 0 Å². The highest BCUT2D eigenvalue weighted by Crippen LogP contribution is 2.85. The Morgan fingerprint density at radius 2 is 0.560 bits per heavy atom. The minimum atomic E-state index is -0.506. The molecule has 2 amide bonds. The summed E-state index contributed by atoms with van der Waals surface area (Å²) >= 11 is 0. The van der Waals surface area contributed by atoms with Crippen molar-refractivity contribution in [2.45, 2.75) is 16.7 Å². The van der Waals surface area contributed by atoms with Gasteiger partial charge in [0, 0.05) is 26.2 Å². The van der Waals surface area contributed by atoms with E-state index in [0.29, 0.717) is 33.0 Å². The lowest BCUT2D eigenvalue weighted by Gasteiger charge is -2.49. The molecule has 1 aliphatic heterocycles. The monoisotopic (exact) mass is 1150 g/mol. The molecule has 0 radical (unpaired) electrons. The van der Waals surface area contributed by atoms with Crippen LogP contribution >= 0.6 is 0 Å². The van der Waals surface area contributed by atoms with Gasteiger partial charge in [-0.2, -0.15) is 0 Å². The second-order valence-electron chi connectivity index (χ2n) is 30.8. The van der Waals surface area contributed by atoms with Crippen LogP contribution < -0.4 is 10.6 Å². The van der Waals surface area contributed by atoms with Gasteiger partial charge in [-0.1, -0.05) is 60.7 Å². The summed E-state index contributed by atoms with van der Waals surface area (Å²) in [7, 11) is 0. The Kier molecular flexibility index (Phi) is 4.59. The zero-order chi connectivity index (χ0) is 56.2. The van der Waals surface area contributed by atoms with E-state index in [9.17, 15) is 9.59 Å². The van der Waals surface area contributed by atoms with Gasteiger partial charge in [-0.3, -0.25) is 14.5 Å². The van der Waals surface area contributed by atoms with Crippen molar-refractivity contribution in [1.82, 2.24) is 15.5 Å². The number of ether oxygens (including phenoxy) is 2. The normalized spacial score (nSPS) is 20.2. The predicted molar refractivity (Wildman–Crippen MR) is 373 cm³/mol. The first-order chi connectivity index (χ1) is 45.2. The van der Waals surface area contributed by atoms with Crippen LogP contribution in [-0.4, -0.2) is 75.9 Å². The fourth-order valence-electron chi connectivity index (χ4n) is 27.9. The van der Waals surface area contributed by atoms with Gasteiger partial charge < -0.3 is 20.1 Å². The van der Waals surface area contributed by atoms with E-state index in [0.717, 1.165) is 30.8 Å². The molecule has 1 saturated heterocycles. The third kappa shape index (κ3) is 2.76. The number of likely N-dealkylation sites (tertiary alicyclic amines) is 1. The number of nitrogens with zero attached hydrogens (tertiary/aromatic N) is 1. The summed E-state index contributed by atoms with van der Waals surface area (Å²) in [4.78, 5) is 29.6. The molecule has 35 rings (SSSR count). The number of hydrogen-bond donors (Lipinski definition) is 2. The Morgan fingerprint density at radius 1 is 0.319 bits per heavy atom. The quantitative estimate of drug-likeness (QED) is 0.0838. The van der Waals surface area contributed by atoms with Gasteiger partial charge >= 0.3 is 0 Å². The molecular formula is C84H31N3O4. The standard InChI is InChI=1S/C84H31N3O4/c88-22(17-86-82(89)23(20-7-3-1-4-8-20)21-9-5-2-6-10-21)85-11-13-90-15-16-91-14-12-87-18-83-78-70-62-52-42-34-26-24-25-28-32-30(26)38-46-40(32)50-44-36(28)37-29(25)33-31-27(24)35(34)43-49-39(31)47-41(33)51-45(37)55-54(44)64-58(50)68-60(46)66(56(62)48(38)42)74(78)76(68)80-72(64)73-65(55)59(51)69-61(47)67-57(49)63(53(43)52)71(70)79(83)75(67)77(69)81(73)84(80,83)19-87/h1-10,23H,11-19H2,(H,85,88)(H,86,89). The molecule has 0 unspecified atom stereocenters. The number of benzene rings is 20. The number of carbonyl (C=O) groups is 2. The van der Waals surface area contributed by atoms with Crippen LogP contribution in [0.2, 0.25) is 0 Å². The van der Waals surface area contributed by atoms with Crippen molar-refractivity contribution >= 4 is 303 Å². The third-order valence-electron chi connectivity index (χ3n) is 29.1. The van der Waals surface area contributed by atoms with Crippen LogP contribution in [0.4, 0.5) is 0 Å². The molecule has 1 heterocycles. The van der Waals surface area contributed by atoms with E-state index in [4.69, 9.17) is 9.47 Å². The van der Waals surface area contributed by atoms with Crippen LogP contribution in [0.5, 0.6) is 0 Å². The molecule has 5 aliphatic rings. The van der Waals surface area contributed by atoms with Crippen molar-refractivity contribution in [2.24, 2.45) is 0 Å². The van der Waals surface area contributed by atoms with E-state index in [1.165, 1.54) is 0 Å². The average molecular weight is 1150 g/mol. The zero-order valence-corrected chi connectivity index (χ0v) is 47.8. The molecule has 406 valence electrons. The summed E-state index contributed by atoms with van der Waals surface area (Å²) in [5.74, 6) is -0.946. The zero-order valence-electron chi connectivity index (χ0n) is 47.8. The summed E-state index contributed by atoms with van der Waals surface area (Å²) in [5.41, 5.74) is 8.16. The lowest BCUT2D eigenvalue weighted by molar-refractivity contribution is -0.126.